The van der Waals surface area contributed by atoms with Crippen LogP contribution in [0.15, 0.2) is 29.3 Å². The van der Waals surface area contributed by atoms with E-state index in [1.807, 2.05) is 12.3 Å². The van der Waals surface area contributed by atoms with Crippen LogP contribution < -0.4 is 15.8 Å². The van der Waals surface area contributed by atoms with E-state index in [0.29, 0.717) is 37.4 Å². The van der Waals surface area contributed by atoms with Gasteiger partial charge in [0.2, 0.25) is 0 Å². The lowest BCUT2D eigenvalue weighted by atomic mass is 10.0. The molecular formula is C19H21F3N4O. The number of ether oxygens (including phenoxy) is 1. The standard InChI is InChI=1S/C19H21F3N4O/c1-27-17-5-4-14(10-16(17)19(20,21)22)26-18-15-11-24-8-6-12(15)9-13(25-18)3-2-7-23/h4-5,8-10H,2-3,6-7,11,23H2,1H3,(H,25,26). The fraction of sp³-hybridized carbons (Fsp3) is 0.368. The van der Waals surface area contributed by atoms with Gasteiger partial charge >= 0.3 is 6.18 Å². The van der Waals surface area contributed by atoms with Gasteiger partial charge in [-0.05, 0) is 49.2 Å². The summed E-state index contributed by atoms with van der Waals surface area (Å²) >= 11 is 0. The minimum Gasteiger partial charge on any atom is -0.496 e. The molecule has 5 nitrogen and oxygen atoms in total. The summed E-state index contributed by atoms with van der Waals surface area (Å²) in [5.41, 5.74) is 7.89. The number of nitrogens with two attached hydrogens (primary N) is 1. The summed E-state index contributed by atoms with van der Waals surface area (Å²) in [6.45, 7) is 1.00. The van der Waals surface area contributed by atoms with Gasteiger partial charge in [-0.3, -0.25) is 4.99 Å². The van der Waals surface area contributed by atoms with Crippen LogP contribution in [0.3, 0.4) is 0 Å². The van der Waals surface area contributed by atoms with Gasteiger partial charge in [-0.1, -0.05) is 0 Å². The van der Waals surface area contributed by atoms with Crippen LogP contribution >= 0.6 is 0 Å². The molecule has 0 saturated carbocycles. The first-order valence-corrected chi connectivity index (χ1v) is 8.64. The van der Waals surface area contributed by atoms with E-state index in [1.165, 1.54) is 13.2 Å². The Morgan fingerprint density at radius 2 is 2.07 bits per heavy atom. The summed E-state index contributed by atoms with van der Waals surface area (Å²) in [5, 5.41) is 3.04. The van der Waals surface area contributed by atoms with Crippen molar-refractivity contribution in [1.29, 1.82) is 0 Å². The lowest BCUT2D eigenvalue weighted by Gasteiger charge is -2.19. The third-order valence-corrected chi connectivity index (χ3v) is 4.36. The quantitative estimate of drug-likeness (QED) is 0.800. The van der Waals surface area contributed by atoms with Crippen LogP contribution in [0, 0.1) is 0 Å². The summed E-state index contributed by atoms with van der Waals surface area (Å²) in [6.07, 6.45) is -0.484. The normalized spacial score (nSPS) is 13.4. The van der Waals surface area contributed by atoms with Gasteiger partial charge in [-0.15, -0.1) is 0 Å². The number of fused-ring (bicyclic) bond motifs is 1. The Balaban J connectivity index is 1.97. The van der Waals surface area contributed by atoms with Gasteiger partial charge < -0.3 is 15.8 Å². The van der Waals surface area contributed by atoms with Crippen molar-refractivity contribution in [3.8, 4) is 5.75 Å². The number of rotatable bonds is 6. The molecule has 1 aromatic carbocycles. The maximum absolute atomic E-state index is 13.3. The second kappa shape index (κ2) is 7.96. The van der Waals surface area contributed by atoms with Crippen molar-refractivity contribution >= 4 is 17.7 Å². The molecular weight excluding hydrogens is 357 g/mol. The van der Waals surface area contributed by atoms with Gasteiger partial charge in [0.1, 0.15) is 11.6 Å². The van der Waals surface area contributed by atoms with Crippen LogP contribution in [0.25, 0.3) is 0 Å². The fourth-order valence-electron chi connectivity index (χ4n) is 3.02. The summed E-state index contributed by atoms with van der Waals surface area (Å²) in [7, 11) is 1.22. The number of methoxy groups -OCH3 is 1. The van der Waals surface area contributed by atoms with E-state index >= 15 is 0 Å². The Bertz CT molecular complexity index is 850. The predicted octanol–water partition coefficient (Wildman–Crippen LogP) is 3.87. The average Bonchev–Trinajstić information content (AvgIpc) is 2.65. The van der Waals surface area contributed by atoms with Gasteiger partial charge in [0.25, 0.3) is 0 Å². The molecule has 2 heterocycles. The molecule has 0 unspecified atom stereocenters. The molecule has 3 rings (SSSR count). The number of benzene rings is 1. The van der Waals surface area contributed by atoms with Crippen LogP contribution in [0.2, 0.25) is 0 Å². The maximum atomic E-state index is 13.3. The van der Waals surface area contributed by atoms with Crippen molar-refractivity contribution in [2.24, 2.45) is 10.7 Å². The van der Waals surface area contributed by atoms with Gasteiger partial charge in [-0.2, -0.15) is 13.2 Å². The number of hydrogen-bond acceptors (Lipinski definition) is 5. The van der Waals surface area contributed by atoms with Crippen LogP contribution in [-0.2, 0) is 25.6 Å². The number of anilines is 2. The Labute approximate surface area is 155 Å². The first-order chi connectivity index (χ1) is 12.9. The first-order valence-electron chi connectivity index (χ1n) is 8.64. The molecule has 2 aromatic rings. The number of alkyl halides is 3. The van der Waals surface area contributed by atoms with Crippen molar-refractivity contribution in [2.75, 3.05) is 19.0 Å². The summed E-state index contributed by atoms with van der Waals surface area (Å²) in [6, 6.07) is 5.90. The van der Waals surface area contributed by atoms with Gasteiger partial charge in [-0.25, -0.2) is 4.98 Å². The molecule has 0 aliphatic carbocycles. The van der Waals surface area contributed by atoms with Crippen LogP contribution in [0.5, 0.6) is 5.75 Å². The monoisotopic (exact) mass is 378 g/mol. The van der Waals surface area contributed by atoms with E-state index in [4.69, 9.17) is 10.5 Å². The number of aryl methyl sites for hydroxylation is 1. The minimum absolute atomic E-state index is 0.218. The third kappa shape index (κ3) is 4.39. The SMILES string of the molecule is COc1ccc(Nc2nc(CCCN)cc3c2CN=CC3)cc1C(F)(F)F. The highest BCUT2D eigenvalue weighted by Gasteiger charge is 2.34. The lowest BCUT2D eigenvalue weighted by molar-refractivity contribution is -0.138. The molecule has 0 amide bonds. The second-order valence-corrected chi connectivity index (χ2v) is 6.26. The smallest absolute Gasteiger partial charge is 0.420 e. The Kier molecular flexibility index (Phi) is 5.65. The number of pyridine rings is 1. The van der Waals surface area contributed by atoms with Gasteiger partial charge in [0, 0.05) is 29.6 Å². The molecule has 1 aromatic heterocycles. The molecule has 1 aliphatic heterocycles. The third-order valence-electron chi connectivity index (χ3n) is 4.36. The van der Waals surface area contributed by atoms with E-state index in [2.05, 4.69) is 15.3 Å². The summed E-state index contributed by atoms with van der Waals surface area (Å²) in [5.74, 6) is 0.319. The minimum atomic E-state index is -4.51. The Hall–Kier alpha value is -2.61. The number of nitrogens with zero attached hydrogens (tertiary/aromatic N) is 2. The Morgan fingerprint density at radius 1 is 1.26 bits per heavy atom. The highest BCUT2D eigenvalue weighted by molar-refractivity contribution is 5.70. The maximum Gasteiger partial charge on any atom is 0.420 e. The predicted molar refractivity (Wildman–Crippen MR) is 98.8 cm³/mol. The van der Waals surface area contributed by atoms with Crippen LogP contribution in [0.1, 0.15) is 28.8 Å². The number of aliphatic imine (C=N–C) groups is 1. The molecule has 1 aliphatic rings. The average molecular weight is 378 g/mol. The number of nitrogens with one attached hydrogen (secondary N) is 1. The molecule has 0 atom stereocenters. The Morgan fingerprint density at radius 3 is 2.78 bits per heavy atom. The van der Waals surface area contributed by atoms with Gasteiger partial charge in [0.15, 0.2) is 0 Å². The highest BCUT2D eigenvalue weighted by Crippen LogP contribution is 2.38. The van der Waals surface area contributed by atoms with E-state index in [9.17, 15) is 13.2 Å². The fourth-order valence-corrected chi connectivity index (χ4v) is 3.02. The molecule has 8 heteroatoms. The molecule has 0 saturated heterocycles. The molecule has 3 N–H and O–H groups in total. The van der Waals surface area contributed by atoms with E-state index in [1.54, 1.807) is 6.07 Å². The highest BCUT2D eigenvalue weighted by atomic mass is 19.4. The molecule has 0 fully saturated rings. The molecule has 27 heavy (non-hydrogen) atoms. The zero-order valence-corrected chi connectivity index (χ0v) is 14.9. The van der Waals surface area contributed by atoms with Crippen molar-refractivity contribution in [3.05, 3.63) is 46.6 Å². The summed E-state index contributed by atoms with van der Waals surface area (Å²) in [4.78, 5) is 8.87. The first kappa shape index (κ1) is 19.2. The van der Waals surface area contributed by atoms with E-state index in [0.717, 1.165) is 29.3 Å². The van der Waals surface area contributed by atoms with Crippen molar-refractivity contribution in [2.45, 2.75) is 32.0 Å². The van der Waals surface area contributed by atoms with Crippen molar-refractivity contribution in [1.82, 2.24) is 4.98 Å². The zero-order chi connectivity index (χ0) is 19.4. The molecule has 0 bridgehead atoms. The van der Waals surface area contributed by atoms with E-state index in [-0.39, 0.29) is 5.75 Å². The number of aromatic nitrogens is 1. The molecule has 0 spiro atoms. The van der Waals surface area contributed by atoms with Gasteiger partial charge in [0.05, 0.1) is 19.2 Å². The zero-order valence-electron chi connectivity index (χ0n) is 14.9. The molecule has 144 valence electrons. The summed E-state index contributed by atoms with van der Waals surface area (Å²) < 4.78 is 44.7. The lowest BCUT2D eigenvalue weighted by Crippen LogP contribution is -2.11. The number of hydrogen-bond donors (Lipinski definition) is 2. The number of halogens is 3. The van der Waals surface area contributed by atoms with Crippen molar-refractivity contribution in [3.63, 3.8) is 0 Å². The topological polar surface area (TPSA) is 72.5 Å². The largest absolute Gasteiger partial charge is 0.496 e. The van der Waals surface area contributed by atoms with Crippen LogP contribution in [0.4, 0.5) is 24.7 Å². The van der Waals surface area contributed by atoms with E-state index < -0.39 is 11.7 Å². The van der Waals surface area contributed by atoms with Crippen molar-refractivity contribution < 1.29 is 17.9 Å². The molecule has 0 radical (unpaired) electrons. The second-order valence-electron chi connectivity index (χ2n) is 6.26. The van der Waals surface area contributed by atoms with Crippen LogP contribution in [-0.4, -0.2) is 24.9 Å².